The second kappa shape index (κ2) is 6.20. The lowest BCUT2D eigenvalue weighted by Crippen LogP contribution is -2.24. The van der Waals surface area contributed by atoms with E-state index in [1.807, 2.05) is 12.5 Å². The Morgan fingerprint density at radius 1 is 1.40 bits per heavy atom. The zero-order chi connectivity index (χ0) is 13.8. The van der Waals surface area contributed by atoms with Crippen molar-refractivity contribution >= 4 is 0 Å². The third-order valence-corrected chi connectivity index (χ3v) is 3.97. The number of rotatable bonds is 7. The summed E-state index contributed by atoms with van der Waals surface area (Å²) in [6.07, 6.45) is 5.07. The van der Waals surface area contributed by atoms with Crippen molar-refractivity contribution in [1.29, 1.82) is 0 Å². The van der Waals surface area contributed by atoms with Gasteiger partial charge in [-0.2, -0.15) is 0 Å². The smallest absolute Gasteiger partial charge is 0.0948 e. The van der Waals surface area contributed by atoms with Crippen LogP contribution in [0.4, 0.5) is 0 Å². The van der Waals surface area contributed by atoms with Gasteiger partial charge in [0.25, 0.3) is 0 Å². The van der Waals surface area contributed by atoms with Crippen LogP contribution in [0, 0.1) is 0 Å². The van der Waals surface area contributed by atoms with Crippen LogP contribution in [0.15, 0.2) is 36.8 Å². The number of benzene rings is 1. The van der Waals surface area contributed by atoms with E-state index in [0.717, 1.165) is 26.2 Å². The van der Waals surface area contributed by atoms with Gasteiger partial charge in [0.1, 0.15) is 0 Å². The van der Waals surface area contributed by atoms with Gasteiger partial charge >= 0.3 is 0 Å². The lowest BCUT2D eigenvalue weighted by Gasteiger charge is -2.30. The first-order chi connectivity index (χ1) is 9.88. The van der Waals surface area contributed by atoms with Gasteiger partial charge in [0.15, 0.2) is 0 Å². The minimum absolute atomic E-state index is 0.637. The van der Waals surface area contributed by atoms with Gasteiger partial charge in [-0.25, -0.2) is 4.98 Å². The van der Waals surface area contributed by atoms with Crippen LogP contribution in [-0.2, 0) is 24.2 Å². The molecule has 0 spiro atoms. The van der Waals surface area contributed by atoms with Gasteiger partial charge in [0, 0.05) is 38.9 Å². The average Bonchev–Trinajstić information content (AvgIpc) is 2.88. The quantitative estimate of drug-likeness (QED) is 0.782. The van der Waals surface area contributed by atoms with Crippen molar-refractivity contribution in [2.75, 3.05) is 20.3 Å². The second-order valence-corrected chi connectivity index (χ2v) is 5.31. The van der Waals surface area contributed by atoms with Gasteiger partial charge in [-0.3, -0.25) is 0 Å². The van der Waals surface area contributed by atoms with Crippen LogP contribution in [0.5, 0.6) is 0 Å². The van der Waals surface area contributed by atoms with E-state index in [2.05, 4.69) is 39.1 Å². The van der Waals surface area contributed by atoms with E-state index >= 15 is 0 Å². The number of nitrogens with zero attached hydrogens (tertiary/aromatic N) is 2. The van der Waals surface area contributed by atoms with E-state index in [-0.39, 0.29) is 0 Å². The Labute approximate surface area is 119 Å². The molecule has 0 fully saturated rings. The summed E-state index contributed by atoms with van der Waals surface area (Å²) in [6, 6.07) is 8.73. The maximum atomic E-state index is 5.04. The first-order valence-electron chi connectivity index (χ1n) is 7.15. The average molecular weight is 271 g/mol. The summed E-state index contributed by atoms with van der Waals surface area (Å²) in [6.45, 7) is 3.48. The second-order valence-electron chi connectivity index (χ2n) is 5.31. The summed E-state index contributed by atoms with van der Waals surface area (Å²) in [5.74, 6) is 0.637. The Hall–Kier alpha value is -1.65. The van der Waals surface area contributed by atoms with E-state index < -0.39 is 0 Å². The third kappa shape index (κ3) is 2.76. The van der Waals surface area contributed by atoms with Crippen molar-refractivity contribution in [3.05, 3.63) is 53.6 Å². The molecule has 4 heteroatoms. The summed E-state index contributed by atoms with van der Waals surface area (Å²) in [5, 5.41) is 3.37. The molecule has 1 aromatic heterocycles. The molecule has 3 rings (SSSR count). The van der Waals surface area contributed by atoms with E-state index in [4.69, 9.17) is 4.74 Å². The summed E-state index contributed by atoms with van der Waals surface area (Å²) < 4.78 is 7.30. The van der Waals surface area contributed by atoms with E-state index in [9.17, 15) is 0 Å². The standard InChI is InChI=1S/C16H21N3O/c1-20-7-6-17-9-15-10-18-12-19(15)11-14-8-13-4-2-3-5-16(13)14/h2-5,10,12,14,17H,6-9,11H2,1H3. The molecule has 1 aliphatic rings. The molecule has 106 valence electrons. The number of hydrogen-bond acceptors (Lipinski definition) is 3. The van der Waals surface area contributed by atoms with E-state index in [1.54, 1.807) is 7.11 Å². The summed E-state index contributed by atoms with van der Waals surface area (Å²) >= 11 is 0. The molecule has 1 atom stereocenters. The van der Waals surface area contributed by atoms with Crippen LogP contribution >= 0.6 is 0 Å². The van der Waals surface area contributed by atoms with Crippen LogP contribution in [0.3, 0.4) is 0 Å². The number of imidazole rings is 1. The first kappa shape index (κ1) is 13.3. The van der Waals surface area contributed by atoms with Gasteiger partial charge in [-0.15, -0.1) is 0 Å². The zero-order valence-electron chi connectivity index (χ0n) is 11.9. The highest BCUT2D eigenvalue weighted by Crippen LogP contribution is 2.36. The number of aromatic nitrogens is 2. The van der Waals surface area contributed by atoms with Gasteiger partial charge in [0.2, 0.25) is 0 Å². The molecule has 0 amide bonds. The highest BCUT2D eigenvalue weighted by atomic mass is 16.5. The molecule has 1 aromatic carbocycles. The van der Waals surface area contributed by atoms with Gasteiger partial charge in [0.05, 0.1) is 18.6 Å². The minimum Gasteiger partial charge on any atom is -0.383 e. The van der Waals surface area contributed by atoms with Crippen LogP contribution in [0.1, 0.15) is 22.7 Å². The molecule has 1 aliphatic carbocycles. The highest BCUT2D eigenvalue weighted by molar-refractivity contribution is 5.39. The fourth-order valence-corrected chi connectivity index (χ4v) is 2.81. The van der Waals surface area contributed by atoms with E-state index in [1.165, 1.54) is 23.2 Å². The minimum atomic E-state index is 0.637. The normalized spacial score (nSPS) is 16.8. The molecular formula is C16H21N3O. The summed E-state index contributed by atoms with van der Waals surface area (Å²) in [4.78, 5) is 4.28. The molecule has 0 bridgehead atoms. The molecule has 1 heterocycles. The molecule has 4 nitrogen and oxygen atoms in total. The van der Waals surface area contributed by atoms with Crippen LogP contribution in [0.2, 0.25) is 0 Å². The van der Waals surface area contributed by atoms with Crippen molar-refractivity contribution in [2.24, 2.45) is 0 Å². The Bertz CT molecular complexity index is 564. The van der Waals surface area contributed by atoms with Crippen LogP contribution < -0.4 is 5.32 Å². The predicted octanol–water partition coefficient (Wildman–Crippen LogP) is 1.96. The molecule has 1 N–H and O–H groups in total. The van der Waals surface area contributed by atoms with Gasteiger partial charge in [-0.1, -0.05) is 24.3 Å². The number of ether oxygens (including phenoxy) is 1. The van der Waals surface area contributed by atoms with Gasteiger partial charge in [-0.05, 0) is 17.5 Å². The first-order valence-corrected chi connectivity index (χ1v) is 7.15. The lowest BCUT2D eigenvalue weighted by atomic mass is 9.77. The summed E-state index contributed by atoms with van der Waals surface area (Å²) in [5.41, 5.74) is 4.24. The predicted molar refractivity (Wildman–Crippen MR) is 78.7 cm³/mol. The molecule has 0 saturated carbocycles. The fraction of sp³-hybridized carbons (Fsp3) is 0.438. The third-order valence-electron chi connectivity index (χ3n) is 3.97. The topological polar surface area (TPSA) is 39.1 Å². The van der Waals surface area contributed by atoms with Crippen molar-refractivity contribution in [1.82, 2.24) is 14.9 Å². The number of fused-ring (bicyclic) bond motifs is 1. The molecule has 0 radical (unpaired) electrons. The lowest BCUT2D eigenvalue weighted by molar-refractivity contribution is 0.199. The Morgan fingerprint density at radius 3 is 3.15 bits per heavy atom. The maximum absolute atomic E-state index is 5.04. The molecular weight excluding hydrogens is 250 g/mol. The highest BCUT2D eigenvalue weighted by Gasteiger charge is 2.25. The van der Waals surface area contributed by atoms with Crippen molar-refractivity contribution in [2.45, 2.75) is 25.4 Å². The maximum Gasteiger partial charge on any atom is 0.0948 e. The van der Waals surface area contributed by atoms with Crippen molar-refractivity contribution in [3.8, 4) is 0 Å². The van der Waals surface area contributed by atoms with Gasteiger partial charge < -0.3 is 14.6 Å². The zero-order valence-corrected chi connectivity index (χ0v) is 11.9. The Balaban J connectivity index is 1.58. The van der Waals surface area contributed by atoms with Crippen LogP contribution in [-0.4, -0.2) is 29.8 Å². The number of hydrogen-bond donors (Lipinski definition) is 1. The summed E-state index contributed by atoms with van der Waals surface area (Å²) in [7, 11) is 1.72. The number of nitrogens with one attached hydrogen (secondary N) is 1. The fourth-order valence-electron chi connectivity index (χ4n) is 2.81. The van der Waals surface area contributed by atoms with Crippen molar-refractivity contribution in [3.63, 3.8) is 0 Å². The SMILES string of the molecule is COCCNCc1cncn1CC1Cc2ccccc21. The largest absolute Gasteiger partial charge is 0.383 e. The molecule has 1 unspecified atom stereocenters. The molecule has 20 heavy (non-hydrogen) atoms. The van der Waals surface area contributed by atoms with Crippen LogP contribution in [0.25, 0.3) is 0 Å². The van der Waals surface area contributed by atoms with Crippen molar-refractivity contribution < 1.29 is 4.74 Å². The molecule has 2 aromatic rings. The molecule has 0 saturated heterocycles. The van der Waals surface area contributed by atoms with E-state index in [0.29, 0.717) is 5.92 Å². The Kier molecular flexibility index (Phi) is 4.14. The monoisotopic (exact) mass is 271 g/mol. The number of methoxy groups -OCH3 is 1. The Morgan fingerprint density at radius 2 is 2.30 bits per heavy atom. The molecule has 0 aliphatic heterocycles.